The fourth-order valence-corrected chi connectivity index (χ4v) is 3.95. The molecule has 0 amide bonds. The van der Waals surface area contributed by atoms with Gasteiger partial charge in [0.2, 0.25) is 0 Å². The first-order chi connectivity index (χ1) is 11.2. The van der Waals surface area contributed by atoms with Crippen molar-refractivity contribution >= 4 is 23.4 Å². The number of imidazole rings is 1. The quantitative estimate of drug-likeness (QED) is 0.837. The Kier molecular flexibility index (Phi) is 4.99. The van der Waals surface area contributed by atoms with E-state index in [0.29, 0.717) is 22.8 Å². The van der Waals surface area contributed by atoms with Crippen molar-refractivity contribution in [1.29, 1.82) is 0 Å². The molecule has 126 valence electrons. The van der Waals surface area contributed by atoms with Gasteiger partial charge in [0.1, 0.15) is 11.3 Å². The summed E-state index contributed by atoms with van der Waals surface area (Å²) < 4.78 is 4.36. The van der Waals surface area contributed by atoms with Crippen LogP contribution in [0.25, 0.3) is 11.2 Å². The van der Waals surface area contributed by atoms with Gasteiger partial charge in [0.05, 0.1) is 0 Å². The molecule has 1 N–H and O–H groups in total. The molecule has 3 rings (SSSR count). The number of nitrogens with one attached hydrogen (secondary N) is 1. The van der Waals surface area contributed by atoms with Crippen LogP contribution in [0.15, 0.2) is 4.79 Å². The average molecular weight is 334 g/mol. The van der Waals surface area contributed by atoms with Crippen LogP contribution in [0, 0.1) is 4.77 Å². The lowest BCUT2D eigenvalue weighted by Crippen LogP contribution is -2.25. The molecule has 1 aliphatic carbocycles. The van der Waals surface area contributed by atoms with E-state index in [1.54, 1.807) is 4.57 Å². The Morgan fingerprint density at radius 1 is 1.13 bits per heavy atom. The topological polar surface area (TPSA) is 55.6 Å². The Bertz CT molecular complexity index is 795. The zero-order valence-electron chi connectivity index (χ0n) is 14.1. The largest absolute Gasteiger partial charge is 0.336 e. The van der Waals surface area contributed by atoms with Gasteiger partial charge in [0.15, 0.2) is 10.4 Å². The van der Waals surface area contributed by atoms with Crippen LogP contribution in [0.5, 0.6) is 0 Å². The van der Waals surface area contributed by atoms with Gasteiger partial charge < -0.3 is 9.55 Å². The lowest BCUT2D eigenvalue weighted by Gasteiger charge is -2.18. The van der Waals surface area contributed by atoms with E-state index in [-0.39, 0.29) is 5.56 Å². The second-order valence-electron chi connectivity index (χ2n) is 6.55. The van der Waals surface area contributed by atoms with E-state index in [1.165, 1.54) is 19.3 Å². The molecule has 1 fully saturated rings. The predicted octanol–water partition coefficient (Wildman–Crippen LogP) is 4.12. The number of hydrogen-bond donors (Lipinski definition) is 1. The van der Waals surface area contributed by atoms with Gasteiger partial charge >= 0.3 is 0 Å². The van der Waals surface area contributed by atoms with Gasteiger partial charge in [-0.05, 0) is 37.9 Å². The van der Waals surface area contributed by atoms with Crippen LogP contribution in [0.1, 0.15) is 70.5 Å². The summed E-state index contributed by atoms with van der Waals surface area (Å²) >= 11 is 5.58. The molecule has 2 heterocycles. The van der Waals surface area contributed by atoms with Crippen molar-refractivity contribution in [1.82, 2.24) is 19.1 Å². The maximum atomic E-state index is 12.8. The zero-order chi connectivity index (χ0) is 16.4. The normalized spacial score (nSPS) is 16.3. The van der Waals surface area contributed by atoms with Crippen LogP contribution in [-0.4, -0.2) is 19.1 Å². The number of nitrogens with zero attached hydrogens (tertiary/aromatic N) is 3. The summed E-state index contributed by atoms with van der Waals surface area (Å²) in [5, 5.41) is 0. The van der Waals surface area contributed by atoms with Gasteiger partial charge in [-0.1, -0.05) is 33.1 Å². The van der Waals surface area contributed by atoms with Crippen LogP contribution in [0.2, 0.25) is 0 Å². The SMILES string of the molecule is CCCn1c(=O)c2[nH]c(C3CCCCC3)nc2n(CCC)c1=S. The maximum Gasteiger partial charge on any atom is 0.280 e. The Morgan fingerprint density at radius 3 is 2.43 bits per heavy atom. The summed E-state index contributed by atoms with van der Waals surface area (Å²) in [4.78, 5) is 21.0. The molecule has 0 atom stereocenters. The van der Waals surface area contributed by atoms with E-state index in [0.717, 1.165) is 43.7 Å². The first kappa shape index (κ1) is 16.4. The number of hydrogen-bond acceptors (Lipinski definition) is 3. The minimum atomic E-state index is -0.0197. The van der Waals surface area contributed by atoms with Crippen LogP contribution in [0.3, 0.4) is 0 Å². The molecule has 0 bridgehead atoms. The number of aromatic amines is 1. The second kappa shape index (κ2) is 6.99. The number of H-pyrrole nitrogens is 1. The molecule has 0 spiro atoms. The summed E-state index contributed by atoms with van der Waals surface area (Å²) in [6, 6.07) is 0. The Hall–Kier alpha value is -1.43. The van der Waals surface area contributed by atoms with Gasteiger partial charge in [-0.3, -0.25) is 9.36 Å². The van der Waals surface area contributed by atoms with Gasteiger partial charge in [-0.15, -0.1) is 0 Å². The number of aromatic nitrogens is 4. The van der Waals surface area contributed by atoms with Crippen LogP contribution in [-0.2, 0) is 13.1 Å². The number of aryl methyl sites for hydroxylation is 1. The van der Waals surface area contributed by atoms with E-state index in [1.807, 2.05) is 4.57 Å². The third-order valence-corrected chi connectivity index (χ3v) is 5.21. The Balaban J connectivity index is 2.18. The number of fused-ring (bicyclic) bond motifs is 1. The molecule has 23 heavy (non-hydrogen) atoms. The van der Waals surface area contributed by atoms with Gasteiger partial charge in [0.25, 0.3) is 5.56 Å². The molecule has 0 saturated heterocycles. The molecule has 1 aliphatic rings. The summed E-state index contributed by atoms with van der Waals surface area (Å²) in [5.41, 5.74) is 1.35. The monoisotopic (exact) mass is 334 g/mol. The van der Waals surface area contributed by atoms with Crippen LogP contribution >= 0.6 is 12.2 Å². The van der Waals surface area contributed by atoms with Crippen molar-refractivity contribution in [2.75, 3.05) is 0 Å². The van der Waals surface area contributed by atoms with E-state index < -0.39 is 0 Å². The van der Waals surface area contributed by atoms with E-state index >= 15 is 0 Å². The van der Waals surface area contributed by atoms with Gasteiger partial charge in [-0.25, -0.2) is 4.98 Å². The summed E-state index contributed by atoms with van der Waals surface area (Å²) in [6.45, 7) is 5.65. The number of rotatable bonds is 5. The highest BCUT2D eigenvalue weighted by molar-refractivity contribution is 7.71. The molecular weight excluding hydrogens is 308 g/mol. The average Bonchev–Trinajstić information content (AvgIpc) is 3.02. The highest BCUT2D eigenvalue weighted by Crippen LogP contribution is 2.31. The predicted molar refractivity (Wildman–Crippen MR) is 95.6 cm³/mol. The lowest BCUT2D eigenvalue weighted by atomic mass is 9.89. The Morgan fingerprint density at radius 2 is 1.78 bits per heavy atom. The zero-order valence-corrected chi connectivity index (χ0v) is 14.9. The minimum Gasteiger partial charge on any atom is -0.336 e. The first-order valence-corrected chi connectivity index (χ1v) is 9.31. The molecule has 0 aromatic carbocycles. The van der Waals surface area contributed by atoms with E-state index in [9.17, 15) is 4.79 Å². The second-order valence-corrected chi connectivity index (χ2v) is 6.91. The fourth-order valence-electron chi connectivity index (χ4n) is 3.60. The fraction of sp³-hybridized carbons (Fsp3) is 0.706. The molecule has 5 nitrogen and oxygen atoms in total. The molecule has 0 aliphatic heterocycles. The van der Waals surface area contributed by atoms with Crippen molar-refractivity contribution in [2.45, 2.75) is 77.8 Å². The van der Waals surface area contributed by atoms with Crippen molar-refractivity contribution in [3.05, 3.63) is 20.9 Å². The van der Waals surface area contributed by atoms with Crippen molar-refractivity contribution in [3.8, 4) is 0 Å². The van der Waals surface area contributed by atoms with E-state index in [2.05, 4.69) is 18.8 Å². The highest BCUT2D eigenvalue weighted by atomic mass is 32.1. The summed E-state index contributed by atoms with van der Waals surface area (Å²) in [7, 11) is 0. The summed E-state index contributed by atoms with van der Waals surface area (Å²) in [6.07, 6.45) is 8.01. The Labute approximate surface area is 141 Å². The van der Waals surface area contributed by atoms with Crippen molar-refractivity contribution < 1.29 is 0 Å². The minimum absolute atomic E-state index is 0.0197. The van der Waals surface area contributed by atoms with Gasteiger partial charge in [-0.2, -0.15) is 0 Å². The third-order valence-electron chi connectivity index (χ3n) is 4.77. The molecule has 6 heteroatoms. The summed E-state index contributed by atoms with van der Waals surface area (Å²) in [5.74, 6) is 1.43. The van der Waals surface area contributed by atoms with Crippen LogP contribution in [0.4, 0.5) is 0 Å². The third kappa shape index (κ3) is 3.01. The maximum absolute atomic E-state index is 12.8. The van der Waals surface area contributed by atoms with Crippen LogP contribution < -0.4 is 5.56 Å². The molecule has 2 aromatic rings. The lowest BCUT2D eigenvalue weighted by molar-refractivity contribution is 0.431. The van der Waals surface area contributed by atoms with Gasteiger partial charge in [0, 0.05) is 19.0 Å². The van der Waals surface area contributed by atoms with E-state index in [4.69, 9.17) is 17.2 Å². The molecule has 2 aromatic heterocycles. The first-order valence-electron chi connectivity index (χ1n) is 8.90. The standard InChI is InChI=1S/C17H26N4OS/c1-3-10-20-15-13(16(22)21(11-4-2)17(20)23)18-14(19-15)12-8-6-5-7-9-12/h12H,3-11H2,1-2H3,(H,18,19). The van der Waals surface area contributed by atoms with Crippen molar-refractivity contribution in [3.63, 3.8) is 0 Å². The molecule has 0 radical (unpaired) electrons. The smallest absolute Gasteiger partial charge is 0.280 e. The molecule has 0 unspecified atom stereocenters. The molecular formula is C17H26N4OS. The molecule has 1 saturated carbocycles. The highest BCUT2D eigenvalue weighted by Gasteiger charge is 2.21. The van der Waals surface area contributed by atoms with Crippen molar-refractivity contribution in [2.24, 2.45) is 0 Å².